The van der Waals surface area contributed by atoms with Crippen molar-refractivity contribution in [2.24, 2.45) is 0 Å². The molecule has 1 N–H and O–H groups in total. The molecule has 0 saturated carbocycles. The molecular weight excluding hydrogens is 517 g/mol. The molecule has 0 fully saturated rings. The lowest BCUT2D eigenvalue weighted by Gasteiger charge is -2.13. The average Bonchev–Trinajstić information content (AvgIpc) is 3.30. The number of thioether (sulfide) groups is 1. The third kappa shape index (κ3) is 5.06. The van der Waals surface area contributed by atoms with Crippen molar-refractivity contribution < 1.29 is 9.18 Å². The molecule has 36 heavy (non-hydrogen) atoms. The average molecular weight is 536 g/mol. The van der Waals surface area contributed by atoms with Crippen LogP contribution in [-0.2, 0) is 4.79 Å². The number of carbonyl (C=O) groups excluding carboxylic acids is 1. The first-order valence-corrected chi connectivity index (χ1v) is 13.3. The standard InChI is InChI=1S/C27H19ClFN3O2S2/c28-22-9-5-4-8-20(22)21-16-36-25-24(21)26(34)32(19-6-2-1-3-7-19)27(31-25)35-15-14-23(33)30-18-12-10-17(29)11-13-18/h1-13,16H,14-15H2,(H,30,33). The Morgan fingerprint density at radius 3 is 2.47 bits per heavy atom. The van der Waals surface area contributed by atoms with E-state index in [1.165, 1.54) is 47.4 Å². The maximum atomic E-state index is 13.8. The van der Waals surface area contributed by atoms with Crippen molar-refractivity contribution in [3.63, 3.8) is 0 Å². The second kappa shape index (κ2) is 10.7. The number of amides is 1. The largest absolute Gasteiger partial charge is 0.326 e. The second-order valence-electron chi connectivity index (χ2n) is 7.83. The number of carbonyl (C=O) groups is 1. The summed E-state index contributed by atoms with van der Waals surface area (Å²) in [7, 11) is 0. The summed E-state index contributed by atoms with van der Waals surface area (Å²) in [5, 5.41) is 6.23. The van der Waals surface area contributed by atoms with Gasteiger partial charge in [-0.3, -0.25) is 14.2 Å². The van der Waals surface area contributed by atoms with E-state index in [1.54, 1.807) is 10.6 Å². The van der Waals surface area contributed by atoms with Gasteiger partial charge in [0.2, 0.25) is 5.91 Å². The molecule has 3 aromatic carbocycles. The SMILES string of the molecule is O=C(CCSc1nc2scc(-c3ccccc3Cl)c2c(=O)n1-c1ccccc1)Nc1ccc(F)cc1. The first kappa shape index (κ1) is 24.2. The first-order valence-electron chi connectivity index (χ1n) is 11.0. The quantitative estimate of drug-likeness (QED) is 0.179. The lowest BCUT2D eigenvalue weighted by Crippen LogP contribution is -2.22. The number of hydrogen-bond acceptors (Lipinski definition) is 5. The molecule has 0 aliphatic rings. The van der Waals surface area contributed by atoms with Gasteiger partial charge in [-0.15, -0.1) is 11.3 Å². The molecule has 0 aliphatic heterocycles. The van der Waals surface area contributed by atoms with Gasteiger partial charge in [-0.25, -0.2) is 9.37 Å². The van der Waals surface area contributed by atoms with Crippen LogP contribution in [0.1, 0.15) is 6.42 Å². The Hall–Kier alpha value is -3.46. The Bertz CT molecular complexity index is 1600. The van der Waals surface area contributed by atoms with Crippen molar-refractivity contribution in [1.82, 2.24) is 9.55 Å². The van der Waals surface area contributed by atoms with E-state index in [9.17, 15) is 14.0 Å². The van der Waals surface area contributed by atoms with Crippen LogP contribution in [0.3, 0.4) is 0 Å². The number of nitrogens with one attached hydrogen (secondary N) is 1. The molecule has 5 rings (SSSR count). The molecule has 5 aromatic rings. The molecule has 0 radical (unpaired) electrons. The number of nitrogens with zero attached hydrogens (tertiary/aromatic N) is 2. The summed E-state index contributed by atoms with van der Waals surface area (Å²) >= 11 is 9.15. The zero-order valence-electron chi connectivity index (χ0n) is 18.8. The van der Waals surface area contributed by atoms with Gasteiger partial charge in [0.25, 0.3) is 5.56 Å². The second-order valence-corrected chi connectivity index (χ2v) is 10.2. The molecule has 0 saturated heterocycles. The Labute approximate surface area is 219 Å². The summed E-state index contributed by atoms with van der Waals surface area (Å²) < 4.78 is 14.7. The fourth-order valence-corrected chi connectivity index (χ4v) is 5.91. The van der Waals surface area contributed by atoms with Crippen LogP contribution >= 0.6 is 34.7 Å². The summed E-state index contributed by atoms with van der Waals surface area (Å²) in [4.78, 5) is 31.7. The van der Waals surface area contributed by atoms with Crippen LogP contribution in [0.5, 0.6) is 0 Å². The number of halogens is 2. The molecule has 2 heterocycles. The molecule has 0 aliphatic carbocycles. The summed E-state index contributed by atoms with van der Waals surface area (Å²) in [6.45, 7) is 0. The maximum Gasteiger partial charge on any atom is 0.268 e. The molecule has 5 nitrogen and oxygen atoms in total. The Kier molecular flexibility index (Phi) is 7.18. The van der Waals surface area contributed by atoms with Gasteiger partial charge in [0.1, 0.15) is 10.6 Å². The fraction of sp³-hybridized carbons (Fsp3) is 0.0741. The number of aromatic nitrogens is 2. The maximum absolute atomic E-state index is 13.8. The number of fused-ring (bicyclic) bond motifs is 1. The van der Waals surface area contributed by atoms with Crippen LogP contribution in [0.4, 0.5) is 10.1 Å². The molecule has 1 amide bonds. The molecule has 2 aromatic heterocycles. The van der Waals surface area contributed by atoms with Crippen molar-refractivity contribution in [3.8, 4) is 16.8 Å². The van der Waals surface area contributed by atoms with E-state index < -0.39 is 0 Å². The predicted octanol–water partition coefficient (Wildman–Crippen LogP) is 7.03. The van der Waals surface area contributed by atoms with Crippen LogP contribution in [0, 0.1) is 5.82 Å². The Balaban J connectivity index is 1.47. The van der Waals surface area contributed by atoms with Crippen molar-refractivity contribution in [2.75, 3.05) is 11.1 Å². The van der Waals surface area contributed by atoms with Crippen LogP contribution in [0.25, 0.3) is 27.0 Å². The summed E-state index contributed by atoms with van der Waals surface area (Å²) in [5.74, 6) is -0.170. The number of rotatable bonds is 7. The van der Waals surface area contributed by atoms with Crippen LogP contribution < -0.4 is 10.9 Å². The lowest BCUT2D eigenvalue weighted by atomic mass is 10.1. The molecule has 180 valence electrons. The minimum atomic E-state index is -0.366. The molecule has 0 unspecified atom stereocenters. The van der Waals surface area contributed by atoms with Gasteiger partial charge in [-0.1, -0.05) is 59.8 Å². The number of thiophene rings is 1. The highest BCUT2D eigenvalue weighted by atomic mass is 35.5. The van der Waals surface area contributed by atoms with E-state index in [0.29, 0.717) is 37.5 Å². The highest BCUT2D eigenvalue weighted by molar-refractivity contribution is 7.99. The van der Waals surface area contributed by atoms with Crippen LogP contribution in [0.15, 0.2) is 94.2 Å². The van der Waals surface area contributed by atoms with Gasteiger partial charge in [-0.2, -0.15) is 0 Å². The van der Waals surface area contributed by atoms with Crippen LogP contribution in [0.2, 0.25) is 5.02 Å². The number of anilines is 1. The van der Waals surface area contributed by atoms with Gasteiger partial charge >= 0.3 is 0 Å². The smallest absolute Gasteiger partial charge is 0.268 e. The van der Waals surface area contributed by atoms with E-state index in [-0.39, 0.29) is 23.7 Å². The first-order chi connectivity index (χ1) is 17.5. The fourth-order valence-electron chi connectivity index (χ4n) is 3.74. The highest BCUT2D eigenvalue weighted by Gasteiger charge is 2.19. The Morgan fingerprint density at radius 2 is 1.72 bits per heavy atom. The monoisotopic (exact) mass is 535 g/mol. The van der Waals surface area contributed by atoms with Gasteiger partial charge in [0, 0.05) is 39.4 Å². The van der Waals surface area contributed by atoms with E-state index in [1.807, 2.05) is 53.9 Å². The lowest BCUT2D eigenvalue weighted by molar-refractivity contribution is -0.115. The molecule has 9 heteroatoms. The summed E-state index contributed by atoms with van der Waals surface area (Å²) in [6.07, 6.45) is 0.194. The van der Waals surface area contributed by atoms with Crippen LogP contribution in [-0.4, -0.2) is 21.2 Å². The number of hydrogen-bond donors (Lipinski definition) is 1. The highest BCUT2D eigenvalue weighted by Crippen LogP contribution is 2.36. The summed E-state index contributed by atoms with van der Waals surface area (Å²) in [6, 6.07) is 22.3. The van der Waals surface area contributed by atoms with Gasteiger partial charge < -0.3 is 5.32 Å². The third-order valence-electron chi connectivity index (χ3n) is 5.44. The van der Waals surface area contributed by atoms with Gasteiger partial charge in [0.05, 0.1) is 11.1 Å². The molecular formula is C27H19ClFN3O2S2. The van der Waals surface area contributed by atoms with Crippen molar-refractivity contribution in [1.29, 1.82) is 0 Å². The van der Waals surface area contributed by atoms with E-state index in [0.717, 1.165) is 11.1 Å². The zero-order valence-corrected chi connectivity index (χ0v) is 21.2. The normalized spacial score (nSPS) is 11.1. The minimum absolute atomic E-state index is 0.194. The molecule has 0 atom stereocenters. The number of para-hydroxylation sites is 1. The van der Waals surface area contributed by atoms with Gasteiger partial charge in [0.15, 0.2) is 5.16 Å². The molecule has 0 spiro atoms. The zero-order chi connectivity index (χ0) is 25.1. The van der Waals surface area contributed by atoms with Crippen molar-refractivity contribution >= 4 is 56.5 Å². The minimum Gasteiger partial charge on any atom is -0.326 e. The summed E-state index contributed by atoms with van der Waals surface area (Å²) in [5.41, 5.74) is 2.55. The topological polar surface area (TPSA) is 64.0 Å². The predicted molar refractivity (Wildman–Crippen MR) is 146 cm³/mol. The van der Waals surface area contributed by atoms with E-state index in [2.05, 4.69) is 5.32 Å². The van der Waals surface area contributed by atoms with Gasteiger partial charge in [-0.05, 0) is 42.5 Å². The van der Waals surface area contributed by atoms with E-state index in [4.69, 9.17) is 16.6 Å². The van der Waals surface area contributed by atoms with Crippen molar-refractivity contribution in [3.05, 3.63) is 105 Å². The number of benzene rings is 3. The molecule has 0 bridgehead atoms. The Morgan fingerprint density at radius 1 is 1.00 bits per heavy atom. The van der Waals surface area contributed by atoms with Crippen molar-refractivity contribution in [2.45, 2.75) is 11.6 Å². The van der Waals surface area contributed by atoms with E-state index >= 15 is 0 Å². The third-order valence-corrected chi connectivity index (χ3v) is 7.59.